The van der Waals surface area contributed by atoms with Gasteiger partial charge in [0.25, 0.3) is 11.7 Å². The fourth-order valence-electron chi connectivity index (χ4n) is 11.7. The Morgan fingerprint density at radius 2 is 1.49 bits per heavy atom. The lowest BCUT2D eigenvalue weighted by molar-refractivity contribution is -0.265. The molecule has 1 saturated carbocycles. The van der Waals surface area contributed by atoms with Gasteiger partial charge in [0.05, 0.1) is 36.6 Å². The summed E-state index contributed by atoms with van der Waals surface area (Å²) in [6, 6.07) is 1.49. The number of allylic oxidation sites excluding steroid dienone is 5. The number of nitrogens with zero attached hydrogens (tertiary/aromatic N) is 1. The fourth-order valence-corrected chi connectivity index (χ4v) is 14.5. The van der Waals surface area contributed by atoms with Gasteiger partial charge in [-0.15, -0.1) is 0 Å². The highest BCUT2D eigenvalue weighted by atomic mass is 28.4. The Kier molecular flexibility index (Phi) is 24.7. The van der Waals surface area contributed by atoms with Crippen LogP contribution < -0.4 is 0 Å². The molecule has 2 saturated heterocycles. The van der Waals surface area contributed by atoms with E-state index in [9.17, 15) is 34.5 Å². The van der Waals surface area contributed by atoms with Crippen molar-refractivity contribution in [2.45, 2.75) is 225 Å². The maximum Gasteiger partial charge on any atom is 0.329 e. The lowest BCUT2D eigenvalue weighted by Gasteiger charge is -2.43. The molecule has 0 aromatic rings. The molecular formula is C57H95NO13Si. The van der Waals surface area contributed by atoms with Gasteiger partial charge >= 0.3 is 5.97 Å². The van der Waals surface area contributed by atoms with E-state index in [1.807, 2.05) is 65.0 Å². The van der Waals surface area contributed by atoms with Gasteiger partial charge in [-0.1, -0.05) is 91.8 Å². The van der Waals surface area contributed by atoms with Crippen molar-refractivity contribution in [2.75, 3.05) is 27.9 Å². The van der Waals surface area contributed by atoms with E-state index in [0.717, 1.165) is 35.7 Å². The molecule has 3 fully saturated rings. The quantitative estimate of drug-likeness (QED) is 0.0771. The van der Waals surface area contributed by atoms with Gasteiger partial charge < -0.3 is 48.3 Å². The van der Waals surface area contributed by atoms with E-state index in [2.05, 4.69) is 33.8 Å². The minimum atomic E-state index is -2.41. The summed E-state index contributed by atoms with van der Waals surface area (Å²) in [5, 5.41) is 34.8. The molecule has 4 aliphatic rings. The van der Waals surface area contributed by atoms with Crippen LogP contribution in [0.3, 0.4) is 0 Å². The number of ether oxygens (including phenoxy) is 5. The van der Waals surface area contributed by atoms with Crippen molar-refractivity contribution >= 4 is 31.8 Å². The van der Waals surface area contributed by atoms with E-state index in [4.69, 9.17) is 28.1 Å². The van der Waals surface area contributed by atoms with Gasteiger partial charge in [-0.25, -0.2) is 4.79 Å². The average Bonchev–Trinajstić information content (AvgIpc) is 3.37. The molecule has 0 radical (unpaired) electrons. The van der Waals surface area contributed by atoms with Crippen LogP contribution in [-0.4, -0.2) is 141 Å². The molecule has 0 aromatic heterocycles. The first-order valence-corrected chi connectivity index (χ1v) is 30.0. The lowest BCUT2D eigenvalue weighted by atomic mass is 9.78. The minimum absolute atomic E-state index is 0.0443. The Labute approximate surface area is 433 Å². The van der Waals surface area contributed by atoms with E-state index < -0.39 is 92.4 Å². The van der Waals surface area contributed by atoms with E-state index >= 15 is 0 Å². The first-order valence-electron chi connectivity index (χ1n) is 27.4. The number of amides is 1. The van der Waals surface area contributed by atoms with Crippen LogP contribution in [-0.2, 0) is 47.3 Å². The normalized spacial score (nSPS) is 38.9. The van der Waals surface area contributed by atoms with Gasteiger partial charge in [-0.2, -0.15) is 0 Å². The fraction of sp³-hybridized carbons (Fsp3) is 0.789. The topological polar surface area (TPSA) is 188 Å². The number of aliphatic hydroxyl groups is 3. The molecule has 0 spiro atoms. The number of carbonyl (C=O) groups is 4. The highest BCUT2D eigenvalue weighted by Gasteiger charge is 2.53. The summed E-state index contributed by atoms with van der Waals surface area (Å²) in [4.78, 5) is 59.2. The summed E-state index contributed by atoms with van der Waals surface area (Å²) in [5.74, 6) is -6.78. The van der Waals surface area contributed by atoms with Crippen molar-refractivity contribution in [3.05, 3.63) is 47.6 Å². The zero-order chi connectivity index (χ0) is 53.5. The number of hydrogen-bond acceptors (Lipinski definition) is 13. The number of Topliss-reactive ketones (excluding diaryl/α,β-unsaturated/α-hetero) is 2. The van der Waals surface area contributed by atoms with Gasteiger partial charge in [-0.05, 0) is 125 Å². The van der Waals surface area contributed by atoms with Gasteiger partial charge in [0.15, 0.2) is 14.1 Å². The number of hydrogen-bond donors (Lipinski definition) is 3. The van der Waals surface area contributed by atoms with Crippen LogP contribution in [0.1, 0.15) is 146 Å². The van der Waals surface area contributed by atoms with E-state index in [1.54, 1.807) is 28.3 Å². The molecule has 14 nitrogen and oxygen atoms in total. The van der Waals surface area contributed by atoms with Crippen molar-refractivity contribution in [1.29, 1.82) is 0 Å². The molecule has 0 unspecified atom stereocenters. The summed E-state index contributed by atoms with van der Waals surface area (Å²) in [5.41, 5.74) is 1.68. The molecule has 15 heteroatoms. The van der Waals surface area contributed by atoms with Crippen LogP contribution in [0.4, 0.5) is 0 Å². The average molecular weight is 1030 g/mol. The summed E-state index contributed by atoms with van der Waals surface area (Å²) < 4.78 is 37.5. The molecule has 410 valence electrons. The zero-order valence-corrected chi connectivity index (χ0v) is 47.3. The molecule has 3 N–H and O–H groups in total. The number of fused-ring (bicyclic) bond motifs is 3. The van der Waals surface area contributed by atoms with Crippen molar-refractivity contribution < 1.29 is 62.6 Å². The molecular weight excluding hydrogens is 935 g/mol. The van der Waals surface area contributed by atoms with Crippen LogP contribution in [0.25, 0.3) is 0 Å². The largest absolute Gasteiger partial charge is 0.460 e. The highest BCUT2D eigenvalue weighted by molar-refractivity contribution is 6.73. The highest BCUT2D eigenvalue weighted by Crippen LogP contribution is 2.38. The summed E-state index contributed by atoms with van der Waals surface area (Å²) in [7, 11) is 2.44. The van der Waals surface area contributed by atoms with Crippen LogP contribution in [0.5, 0.6) is 0 Å². The number of piperidine rings is 1. The molecule has 4 rings (SSSR count). The number of ketones is 2. The molecule has 1 amide bonds. The van der Waals surface area contributed by atoms with Crippen molar-refractivity contribution in [1.82, 2.24) is 4.90 Å². The molecule has 16 atom stereocenters. The van der Waals surface area contributed by atoms with Gasteiger partial charge in [-0.3, -0.25) is 14.4 Å². The summed E-state index contributed by atoms with van der Waals surface area (Å²) >= 11 is 0. The molecule has 3 aliphatic heterocycles. The smallest absolute Gasteiger partial charge is 0.329 e. The Hall–Kier alpha value is -2.86. The number of cyclic esters (lactones) is 1. The number of esters is 1. The second-order valence-corrected chi connectivity index (χ2v) is 26.9. The van der Waals surface area contributed by atoms with Crippen LogP contribution in [0, 0.1) is 35.5 Å². The van der Waals surface area contributed by atoms with Crippen LogP contribution in [0.15, 0.2) is 47.6 Å². The Bertz CT molecular complexity index is 1870. The first-order chi connectivity index (χ1) is 34.1. The number of methoxy groups -OCH3 is 3. The van der Waals surface area contributed by atoms with Crippen LogP contribution >= 0.6 is 0 Å². The van der Waals surface area contributed by atoms with Gasteiger partial charge in [0.2, 0.25) is 5.79 Å². The number of carbonyl (C=O) groups excluding carboxylic acids is 4. The van der Waals surface area contributed by atoms with E-state index in [1.165, 1.54) is 4.90 Å². The predicted octanol–water partition coefficient (Wildman–Crippen LogP) is 9.00. The molecule has 2 bridgehead atoms. The van der Waals surface area contributed by atoms with Gasteiger partial charge in [0.1, 0.15) is 18.2 Å². The second-order valence-electron chi connectivity index (χ2n) is 22.1. The third-order valence-corrected chi connectivity index (χ3v) is 21.6. The Balaban J connectivity index is 1.79. The van der Waals surface area contributed by atoms with Crippen molar-refractivity contribution in [3.8, 4) is 0 Å². The number of aliphatic hydroxyl groups excluding tert-OH is 2. The molecule has 72 heavy (non-hydrogen) atoms. The SMILES string of the molecule is CC[Si](CC)(CC)O[C@@H]1/C(C)=C/[C@@H](C)[C@H](O)C[C@@H]([C@H](C)C[C@@H]2CC[C@@H](O)[C@H](OC)C2)OC(=O)[C@@H]2CCCCN2C(=O)C(=O)[C@]2(O)O[C@@H](CC[C@H]2C)C[C@H](OC)/C(C)=C/C=C/C=C/[C@@H](C)C[C@@H](C)C(=O)[C@@H]1OC. The predicted molar refractivity (Wildman–Crippen MR) is 282 cm³/mol. The minimum Gasteiger partial charge on any atom is -0.460 e. The zero-order valence-electron chi connectivity index (χ0n) is 46.3. The number of rotatable bonds is 11. The molecule has 0 aromatic carbocycles. The van der Waals surface area contributed by atoms with Gasteiger partial charge in [0, 0.05) is 58.5 Å². The van der Waals surface area contributed by atoms with E-state index in [0.29, 0.717) is 57.8 Å². The summed E-state index contributed by atoms with van der Waals surface area (Å²) in [6.07, 6.45) is 12.5. The maximum atomic E-state index is 14.6. The van der Waals surface area contributed by atoms with E-state index in [-0.39, 0.29) is 54.9 Å². The second kappa shape index (κ2) is 28.9. The molecule has 1 aliphatic carbocycles. The lowest BCUT2D eigenvalue weighted by Crippen LogP contribution is -2.61. The Morgan fingerprint density at radius 1 is 0.792 bits per heavy atom. The van der Waals surface area contributed by atoms with Crippen molar-refractivity contribution in [2.24, 2.45) is 35.5 Å². The van der Waals surface area contributed by atoms with Crippen molar-refractivity contribution in [3.63, 3.8) is 0 Å². The third-order valence-electron chi connectivity index (χ3n) is 16.9. The summed E-state index contributed by atoms with van der Waals surface area (Å²) in [6.45, 7) is 20.1. The molecule has 3 heterocycles. The first kappa shape index (κ1) is 61.7. The monoisotopic (exact) mass is 1030 g/mol. The maximum absolute atomic E-state index is 14.6. The third kappa shape index (κ3) is 16.1. The van der Waals surface area contributed by atoms with Crippen LogP contribution in [0.2, 0.25) is 18.1 Å². The Morgan fingerprint density at radius 3 is 2.12 bits per heavy atom. The standard InChI is InChI=1S/C57H95NO13Si/c1-14-72(15-2,16-3)71-52-41(9)31-38(6)47(60)35-49(39(7)32-43-26-28-46(59)50(33-43)67-12)69-56(64)45-24-20-21-29-58(45)55(63)54(62)57(65)42(10)25-27-44(70-57)34-48(66-11)37(5)23-19-17-18-22-36(4)30-40(8)51(61)53(52)68-13/h17-19,22-23,31,36,38-40,42-50,52-53,59-60,65H,14-16,20-21,24-30,32-35H2,1-13H3/b19-17+,22-18+,37-23+,41-31+/t36-,38-,39-,40-,42-,43+,44+,45+,46-,47-,48+,49+,50-,52-,53+,57-/m1/s1.